The van der Waals surface area contributed by atoms with Crippen LogP contribution in [0.25, 0.3) is 0 Å². The van der Waals surface area contributed by atoms with Crippen molar-refractivity contribution in [2.24, 2.45) is 5.92 Å². The summed E-state index contributed by atoms with van der Waals surface area (Å²) >= 11 is 0. The first-order valence-electron chi connectivity index (χ1n) is 4.87. The van der Waals surface area contributed by atoms with Gasteiger partial charge in [-0.05, 0) is 25.5 Å². The molecule has 0 aromatic carbocycles. The van der Waals surface area contributed by atoms with Crippen LogP contribution in [-0.4, -0.2) is 11.6 Å². The second kappa shape index (κ2) is 22.5. The van der Waals surface area contributed by atoms with Crippen molar-refractivity contribution in [1.82, 2.24) is 0 Å². The normalized spacial score (nSPS) is 13.8. The van der Waals surface area contributed by atoms with Crippen molar-refractivity contribution >= 4 is 11.6 Å². The molecular weight excluding hydrogens is 304 g/mol. The predicted octanol–water partition coefficient (Wildman–Crippen LogP) is 1.72. The van der Waals surface area contributed by atoms with Crippen LogP contribution < -0.4 is 0 Å². The molecule has 1 aliphatic carbocycles. The van der Waals surface area contributed by atoms with Gasteiger partial charge in [-0.2, -0.15) is 0 Å². The minimum atomic E-state index is -0.0938. The Hall–Kier alpha value is -1.70. The van der Waals surface area contributed by atoms with Gasteiger partial charge in [-0.15, -0.1) is 0 Å². The first-order chi connectivity index (χ1) is 9.20. The van der Waals surface area contributed by atoms with Gasteiger partial charge in [0.1, 0.15) is 0 Å². The Labute approximate surface area is 128 Å². The number of ketones is 2. The van der Waals surface area contributed by atoms with Crippen molar-refractivity contribution < 1.29 is 40.6 Å². The van der Waals surface area contributed by atoms with Gasteiger partial charge >= 0.3 is 33.9 Å². The molecule has 1 rings (SSSR count). The summed E-state index contributed by atoms with van der Waals surface area (Å²) in [5, 5.41) is 0. The minimum absolute atomic E-state index is 0. The second-order valence-electron chi connectivity index (χ2n) is 3.00. The average molecular weight is 316 g/mol. The van der Waals surface area contributed by atoms with Crippen LogP contribution in [0.1, 0.15) is 13.3 Å². The molecule has 0 aliphatic heterocycles. The zero-order valence-electron chi connectivity index (χ0n) is 10.6. The Morgan fingerprint density at radius 3 is 1.90 bits per heavy atom. The van der Waals surface area contributed by atoms with Gasteiger partial charge in [-0.25, -0.2) is 0 Å². The fraction of sp³-hybridized carbons (Fsp3) is 0.214. The van der Waals surface area contributed by atoms with E-state index in [9.17, 15) is 9.59 Å². The van der Waals surface area contributed by atoms with Crippen LogP contribution in [-0.2, 0) is 40.6 Å². The Morgan fingerprint density at radius 1 is 1.05 bits per heavy atom. The molecule has 0 saturated heterocycles. The summed E-state index contributed by atoms with van der Waals surface area (Å²) in [7, 11) is 0. The maximum atomic E-state index is 11.4. The summed E-state index contributed by atoms with van der Waals surface area (Å²) in [6.45, 7) is 14.9. The molecule has 0 N–H and O–H groups in total. The average Bonchev–Trinajstić information content (AvgIpc) is 2.51. The van der Waals surface area contributed by atoms with Gasteiger partial charge in [0.05, 0.1) is 0 Å². The van der Waals surface area contributed by atoms with E-state index in [1.807, 2.05) is 24.3 Å². The van der Waals surface area contributed by atoms with Crippen molar-refractivity contribution in [2.45, 2.75) is 13.3 Å². The van der Waals surface area contributed by atoms with E-state index in [1.54, 1.807) is 0 Å². The third-order valence-corrected chi connectivity index (χ3v) is 1.83. The summed E-state index contributed by atoms with van der Waals surface area (Å²) in [4.78, 5) is 21.9. The third kappa shape index (κ3) is 16.3. The van der Waals surface area contributed by atoms with Crippen LogP contribution in [0.5, 0.6) is 0 Å². The second-order valence-corrected chi connectivity index (χ2v) is 3.00. The molecule has 1 atom stereocenters. The SMILES string of the molecule is CC(=O)/C=C\C(=O)C1C=CC=CC1.[C-]#[O+].[C-]#[O+].[C-]#[O+].[Fe]. The van der Waals surface area contributed by atoms with E-state index in [1.165, 1.54) is 19.1 Å². The molecule has 0 aromatic heterocycles. The number of hydrogen-bond acceptors (Lipinski definition) is 2. The number of hydrogen-bond donors (Lipinski definition) is 0. The fourth-order valence-electron chi connectivity index (χ4n) is 1.11. The van der Waals surface area contributed by atoms with Crippen LogP contribution in [0.4, 0.5) is 0 Å². The summed E-state index contributed by atoms with van der Waals surface area (Å²) < 4.78 is 22.5. The number of carbonyl (C=O) groups excluding carboxylic acids is 2. The van der Waals surface area contributed by atoms with Gasteiger partial charge in [0.15, 0.2) is 11.6 Å². The van der Waals surface area contributed by atoms with Gasteiger partial charge < -0.3 is 0 Å². The molecular formula is C14H12FeO5. The van der Waals surface area contributed by atoms with Crippen molar-refractivity contribution in [3.8, 4) is 0 Å². The van der Waals surface area contributed by atoms with Crippen molar-refractivity contribution in [2.75, 3.05) is 0 Å². The third-order valence-electron chi connectivity index (χ3n) is 1.83. The van der Waals surface area contributed by atoms with Gasteiger partial charge in [-0.3, -0.25) is 9.59 Å². The smallest absolute Gasteiger partial charge is 0 e. The molecule has 1 aliphatic rings. The van der Waals surface area contributed by atoms with E-state index >= 15 is 0 Å². The van der Waals surface area contributed by atoms with E-state index in [4.69, 9.17) is 14.0 Å². The summed E-state index contributed by atoms with van der Waals surface area (Å²) in [6.07, 6.45) is 11.0. The molecule has 0 saturated carbocycles. The Morgan fingerprint density at radius 2 is 1.55 bits per heavy atom. The fourth-order valence-corrected chi connectivity index (χ4v) is 1.11. The first-order valence-corrected chi connectivity index (χ1v) is 4.87. The quantitative estimate of drug-likeness (QED) is 0.343. The van der Waals surface area contributed by atoms with Crippen molar-refractivity contribution in [3.05, 3.63) is 56.4 Å². The van der Waals surface area contributed by atoms with E-state index < -0.39 is 0 Å². The van der Waals surface area contributed by atoms with Crippen LogP contribution in [0.3, 0.4) is 0 Å². The predicted molar refractivity (Wildman–Crippen MR) is 63.0 cm³/mol. The minimum Gasteiger partial charge on any atom is 0 e. The molecule has 0 radical (unpaired) electrons. The summed E-state index contributed by atoms with van der Waals surface area (Å²) in [6, 6.07) is 0. The topological polar surface area (TPSA) is 93.8 Å². The monoisotopic (exact) mass is 316 g/mol. The molecule has 1 unspecified atom stereocenters. The maximum absolute atomic E-state index is 11.4. The molecule has 6 heteroatoms. The van der Waals surface area contributed by atoms with E-state index in [2.05, 4.69) is 20.0 Å². The van der Waals surface area contributed by atoms with Crippen LogP contribution >= 0.6 is 0 Å². The number of rotatable bonds is 3. The van der Waals surface area contributed by atoms with E-state index in [0.717, 1.165) is 6.42 Å². The molecule has 0 bridgehead atoms. The molecule has 0 spiro atoms. The molecule has 0 amide bonds. The molecule has 0 heterocycles. The van der Waals surface area contributed by atoms with Gasteiger partial charge in [0.2, 0.25) is 0 Å². The zero-order valence-corrected chi connectivity index (χ0v) is 11.7. The van der Waals surface area contributed by atoms with Crippen LogP contribution in [0.2, 0.25) is 0 Å². The van der Waals surface area contributed by atoms with Gasteiger partial charge in [0.25, 0.3) is 0 Å². The number of allylic oxidation sites excluding steroid dienone is 6. The maximum Gasteiger partial charge on any atom is 0 e. The molecule has 0 aromatic rings. The molecule has 0 fully saturated rings. The largest absolute Gasteiger partial charge is 0 e. The molecule has 20 heavy (non-hydrogen) atoms. The molecule has 106 valence electrons. The van der Waals surface area contributed by atoms with E-state index in [-0.39, 0.29) is 34.6 Å². The molecule has 5 nitrogen and oxygen atoms in total. The van der Waals surface area contributed by atoms with E-state index in [0.29, 0.717) is 0 Å². The standard InChI is InChI=1S/C11H12O2.3CO.Fe/c1-9(12)7-8-11(13)10-5-3-2-4-6-10;3*1-2;/h2-5,7-8,10H,6H2,1H3;;;;/b8-7-;;;;. The van der Waals surface area contributed by atoms with Crippen molar-refractivity contribution in [1.29, 1.82) is 0 Å². The first kappa shape index (κ1) is 26.8. The van der Waals surface area contributed by atoms with Crippen LogP contribution in [0, 0.1) is 25.9 Å². The van der Waals surface area contributed by atoms with Gasteiger partial charge in [0, 0.05) is 23.0 Å². The van der Waals surface area contributed by atoms with Crippen molar-refractivity contribution in [3.63, 3.8) is 0 Å². The summed E-state index contributed by atoms with van der Waals surface area (Å²) in [5.41, 5.74) is 0. The van der Waals surface area contributed by atoms with Gasteiger partial charge in [-0.1, -0.05) is 24.3 Å². The van der Waals surface area contributed by atoms with Crippen LogP contribution in [0.15, 0.2) is 36.5 Å². The Bertz CT molecular complexity index is 399. The summed E-state index contributed by atoms with van der Waals surface area (Å²) in [5.74, 6) is -0.180. The zero-order chi connectivity index (χ0) is 15.7. The Balaban J connectivity index is -0.000000162. The number of carbonyl (C=O) groups is 2. The Kier molecular flexibility index (Phi) is 30.1.